The minimum atomic E-state index is 0. The first kappa shape index (κ1) is 27.4. The van der Waals surface area contributed by atoms with Gasteiger partial charge in [-0.25, -0.2) is 0 Å². The van der Waals surface area contributed by atoms with Crippen molar-refractivity contribution in [3.05, 3.63) is 65.7 Å². The van der Waals surface area contributed by atoms with E-state index in [2.05, 4.69) is 41.4 Å². The summed E-state index contributed by atoms with van der Waals surface area (Å²) in [5.74, 6) is 2.46. The van der Waals surface area contributed by atoms with Gasteiger partial charge in [-0.05, 0) is 43.0 Å². The summed E-state index contributed by atoms with van der Waals surface area (Å²) in [7, 11) is 1.70. The third-order valence-corrected chi connectivity index (χ3v) is 5.54. The third kappa shape index (κ3) is 9.90. The van der Waals surface area contributed by atoms with Crippen LogP contribution < -0.4 is 10.1 Å². The van der Waals surface area contributed by atoms with E-state index in [0.29, 0.717) is 25.7 Å². The van der Waals surface area contributed by atoms with Crippen molar-refractivity contribution in [3.8, 4) is 5.75 Å². The van der Waals surface area contributed by atoms with Gasteiger partial charge in [-0.2, -0.15) is 0 Å². The smallest absolute Gasteiger partial charge is 0.193 e. The summed E-state index contributed by atoms with van der Waals surface area (Å²) in [5, 5.41) is 3.44. The lowest BCUT2D eigenvalue weighted by Crippen LogP contribution is -2.40. The standard InChI is InChI=1S/C26H37N3O3.HI/c1-3-27-26(29-16-14-24(19-29)20-31-18-17-30-2)28-15-13-22-9-11-25(12-10-22)32-21-23-7-5-4-6-8-23;/h4-12,24H,3,13-21H2,1-2H3,(H,27,28);1H. The second-order valence-corrected chi connectivity index (χ2v) is 8.07. The molecule has 1 aliphatic rings. The first-order valence-corrected chi connectivity index (χ1v) is 11.6. The van der Waals surface area contributed by atoms with Gasteiger partial charge in [0.15, 0.2) is 5.96 Å². The van der Waals surface area contributed by atoms with E-state index in [1.54, 1.807) is 7.11 Å². The summed E-state index contributed by atoms with van der Waals surface area (Å²) >= 11 is 0. The Labute approximate surface area is 215 Å². The molecule has 7 heteroatoms. The van der Waals surface area contributed by atoms with E-state index >= 15 is 0 Å². The number of nitrogens with zero attached hydrogens (tertiary/aromatic N) is 2. The van der Waals surface area contributed by atoms with E-state index < -0.39 is 0 Å². The minimum Gasteiger partial charge on any atom is -0.489 e. The molecule has 2 aromatic carbocycles. The Kier molecular flexibility index (Phi) is 13.2. The van der Waals surface area contributed by atoms with Gasteiger partial charge in [0.25, 0.3) is 0 Å². The quantitative estimate of drug-likeness (QED) is 0.179. The maximum atomic E-state index is 5.88. The molecule has 3 rings (SSSR count). The van der Waals surface area contributed by atoms with Crippen molar-refractivity contribution >= 4 is 29.9 Å². The van der Waals surface area contributed by atoms with Crippen LogP contribution in [-0.4, -0.2) is 64.0 Å². The third-order valence-electron chi connectivity index (χ3n) is 5.54. The molecule has 1 aliphatic heterocycles. The van der Waals surface area contributed by atoms with E-state index in [0.717, 1.165) is 57.3 Å². The number of guanidine groups is 1. The van der Waals surface area contributed by atoms with Gasteiger partial charge in [-0.1, -0.05) is 42.5 Å². The van der Waals surface area contributed by atoms with Crippen LogP contribution in [0.5, 0.6) is 5.75 Å². The molecule has 0 amide bonds. The Balaban J connectivity index is 0.00000385. The van der Waals surface area contributed by atoms with Gasteiger partial charge in [-0.15, -0.1) is 24.0 Å². The van der Waals surface area contributed by atoms with Crippen molar-refractivity contribution in [1.29, 1.82) is 0 Å². The van der Waals surface area contributed by atoms with Gasteiger partial charge in [0.05, 0.1) is 19.8 Å². The lowest BCUT2D eigenvalue weighted by atomic mass is 10.1. The van der Waals surface area contributed by atoms with Crippen LogP contribution in [0, 0.1) is 5.92 Å². The molecular weight excluding hydrogens is 529 g/mol. The monoisotopic (exact) mass is 567 g/mol. The number of likely N-dealkylation sites (tertiary alicyclic amines) is 1. The van der Waals surface area contributed by atoms with E-state index in [1.165, 1.54) is 11.1 Å². The van der Waals surface area contributed by atoms with Crippen LogP contribution in [0.3, 0.4) is 0 Å². The predicted molar refractivity (Wildman–Crippen MR) is 145 cm³/mol. The molecule has 0 aromatic heterocycles. The largest absolute Gasteiger partial charge is 0.489 e. The fourth-order valence-electron chi connectivity index (χ4n) is 3.76. The van der Waals surface area contributed by atoms with Crippen LogP contribution in [0.1, 0.15) is 24.5 Å². The van der Waals surface area contributed by atoms with Gasteiger partial charge in [0, 0.05) is 39.2 Å². The number of nitrogens with one attached hydrogen (secondary N) is 1. The number of methoxy groups -OCH3 is 1. The van der Waals surface area contributed by atoms with E-state index in [4.69, 9.17) is 19.2 Å². The van der Waals surface area contributed by atoms with Crippen molar-refractivity contribution in [3.63, 3.8) is 0 Å². The molecule has 1 heterocycles. The topological polar surface area (TPSA) is 55.3 Å². The van der Waals surface area contributed by atoms with Crippen LogP contribution in [0.15, 0.2) is 59.6 Å². The molecule has 0 aliphatic carbocycles. The van der Waals surface area contributed by atoms with Crippen molar-refractivity contribution in [1.82, 2.24) is 10.2 Å². The number of aliphatic imine (C=N–C) groups is 1. The molecule has 0 radical (unpaired) electrons. The highest BCUT2D eigenvalue weighted by molar-refractivity contribution is 14.0. The maximum absolute atomic E-state index is 5.88. The molecule has 0 saturated carbocycles. The normalized spacial score (nSPS) is 15.9. The van der Waals surface area contributed by atoms with Crippen LogP contribution in [0.25, 0.3) is 0 Å². The summed E-state index contributed by atoms with van der Waals surface area (Å²) in [4.78, 5) is 7.23. The molecule has 182 valence electrons. The fourth-order valence-corrected chi connectivity index (χ4v) is 3.76. The zero-order valence-electron chi connectivity index (χ0n) is 19.9. The number of benzene rings is 2. The van der Waals surface area contributed by atoms with Crippen molar-refractivity contribution < 1.29 is 14.2 Å². The van der Waals surface area contributed by atoms with Crippen LogP contribution in [0.2, 0.25) is 0 Å². The highest BCUT2D eigenvalue weighted by atomic mass is 127. The summed E-state index contributed by atoms with van der Waals surface area (Å²) in [6.45, 7) is 8.46. The number of hydrogen-bond donors (Lipinski definition) is 1. The second kappa shape index (κ2) is 15.9. The summed E-state index contributed by atoms with van der Waals surface area (Å²) in [5.41, 5.74) is 2.44. The Bertz CT molecular complexity index is 802. The molecule has 2 aromatic rings. The van der Waals surface area contributed by atoms with Crippen LogP contribution in [-0.2, 0) is 22.5 Å². The van der Waals surface area contributed by atoms with Crippen LogP contribution >= 0.6 is 24.0 Å². The number of ether oxygens (including phenoxy) is 3. The van der Waals surface area contributed by atoms with E-state index in [9.17, 15) is 0 Å². The maximum Gasteiger partial charge on any atom is 0.193 e. The summed E-state index contributed by atoms with van der Waals surface area (Å²) in [6.07, 6.45) is 2.05. The van der Waals surface area contributed by atoms with Crippen molar-refractivity contribution in [2.24, 2.45) is 10.9 Å². The van der Waals surface area contributed by atoms with Crippen LogP contribution in [0.4, 0.5) is 0 Å². The molecule has 0 bridgehead atoms. The summed E-state index contributed by atoms with van der Waals surface area (Å²) < 4.78 is 16.6. The molecule has 1 fully saturated rings. The first-order chi connectivity index (χ1) is 15.8. The Hall–Kier alpha value is -1.84. The van der Waals surface area contributed by atoms with E-state index in [-0.39, 0.29) is 24.0 Å². The zero-order chi connectivity index (χ0) is 22.4. The molecule has 1 atom stereocenters. The van der Waals surface area contributed by atoms with Crippen molar-refractivity contribution in [2.45, 2.75) is 26.4 Å². The van der Waals surface area contributed by atoms with Crippen molar-refractivity contribution in [2.75, 3.05) is 53.1 Å². The lowest BCUT2D eigenvalue weighted by Gasteiger charge is -2.21. The molecule has 1 saturated heterocycles. The predicted octanol–water partition coefficient (Wildman–Crippen LogP) is 4.38. The van der Waals surface area contributed by atoms with Gasteiger partial charge >= 0.3 is 0 Å². The highest BCUT2D eigenvalue weighted by Crippen LogP contribution is 2.17. The lowest BCUT2D eigenvalue weighted by molar-refractivity contribution is 0.0536. The zero-order valence-corrected chi connectivity index (χ0v) is 22.2. The average molecular weight is 568 g/mol. The number of rotatable bonds is 12. The molecular formula is C26H38IN3O3. The summed E-state index contributed by atoms with van der Waals surface area (Å²) in [6, 6.07) is 18.6. The highest BCUT2D eigenvalue weighted by Gasteiger charge is 2.24. The second-order valence-electron chi connectivity index (χ2n) is 8.07. The fraction of sp³-hybridized carbons (Fsp3) is 0.500. The van der Waals surface area contributed by atoms with Gasteiger partial charge in [-0.3, -0.25) is 4.99 Å². The SMILES string of the molecule is CCNC(=NCCc1ccc(OCc2ccccc2)cc1)N1CCC(COCCOC)C1.I. The number of halogens is 1. The molecule has 6 nitrogen and oxygen atoms in total. The number of hydrogen-bond acceptors (Lipinski definition) is 4. The average Bonchev–Trinajstić information content (AvgIpc) is 3.30. The van der Waals surface area contributed by atoms with E-state index in [1.807, 2.05) is 30.3 Å². The Morgan fingerprint density at radius 2 is 1.85 bits per heavy atom. The molecule has 33 heavy (non-hydrogen) atoms. The molecule has 0 spiro atoms. The van der Waals surface area contributed by atoms with Gasteiger partial charge in [0.2, 0.25) is 0 Å². The molecule has 1 unspecified atom stereocenters. The molecule has 1 N–H and O–H groups in total. The Morgan fingerprint density at radius 3 is 2.58 bits per heavy atom. The first-order valence-electron chi connectivity index (χ1n) is 11.6. The Morgan fingerprint density at radius 1 is 1.06 bits per heavy atom. The van der Waals surface area contributed by atoms with Gasteiger partial charge < -0.3 is 24.4 Å². The van der Waals surface area contributed by atoms with Gasteiger partial charge in [0.1, 0.15) is 12.4 Å². The minimum absolute atomic E-state index is 0.